The molecule has 0 spiro atoms. The Hall–Kier alpha value is -0.131. The predicted molar refractivity (Wildman–Crippen MR) is 59.8 cm³/mol. The molecule has 0 aromatic heterocycles. The van der Waals surface area contributed by atoms with Gasteiger partial charge in [-0.25, -0.2) is 0 Å². The van der Waals surface area contributed by atoms with Crippen LogP contribution in [0.3, 0.4) is 0 Å². The van der Waals surface area contributed by atoms with E-state index in [0.717, 1.165) is 0 Å². The van der Waals surface area contributed by atoms with Crippen molar-refractivity contribution in [1.29, 1.82) is 0 Å². The molecule has 0 aliphatic carbocycles. The van der Waals surface area contributed by atoms with E-state index in [1.807, 2.05) is 0 Å². The normalized spacial score (nSPS) is 3.05. The van der Waals surface area contributed by atoms with Gasteiger partial charge in [-0.15, -0.1) is 0 Å². The van der Waals surface area contributed by atoms with Crippen molar-refractivity contribution < 1.29 is 100 Å². The molecule has 0 unspecified atom stereocenters. The van der Waals surface area contributed by atoms with Crippen molar-refractivity contribution in [3.8, 4) is 0 Å². The van der Waals surface area contributed by atoms with Crippen molar-refractivity contribution in [2.45, 2.75) is 0 Å². The fraction of sp³-hybridized carbons (Fsp3) is 0. The summed E-state index contributed by atoms with van der Waals surface area (Å²) in [6.45, 7) is 0. The standard InChI is InChI=1S/Fe.H3N.H2O4S.12H2O/c;;1-5(2,3)4;;;;;;;;;;;;/h;1H3;(H2,1,2,3,4);12*1H2/q+3;;;;;;;;;;;;;;/p-1. The number of quaternary nitrogens is 1. The molecular formula is H28FeNO16S+2. The summed E-state index contributed by atoms with van der Waals surface area (Å²) in [5.41, 5.74) is 0. The summed E-state index contributed by atoms with van der Waals surface area (Å²) in [4.78, 5) is 0. The first-order chi connectivity index (χ1) is 2.00. The Morgan fingerprint density at radius 1 is 0.474 bits per heavy atom. The maximum Gasteiger partial charge on any atom is 3.00 e. The largest absolute Gasteiger partial charge is 3.00 e. The summed E-state index contributed by atoms with van der Waals surface area (Å²) in [6, 6.07) is 0. The molecule has 0 amide bonds. The summed E-state index contributed by atoms with van der Waals surface area (Å²) < 4.78 is 34.1. The average Bonchev–Trinajstić information content (AvgIpc) is 0.722. The minimum absolute atomic E-state index is 0. The fourth-order valence-electron chi connectivity index (χ4n) is 0. The first kappa shape index (κ1) is 402. The van der Waals surface area contributed by atoms with Gasteiger partial charge < -0.3 is 81.0 Å². The Labute approximate surface area is 118 Å². The molecule has 0 aliphatic rings. The van der Waals surface area contributed by atoms with Crippen LogP contribution in [0, 0.1) is 0 Å². The van der Waals surface area contributed by atoms with E-state index in [-0.39, 0.29) is 88.9 Å². The molecular weight excluding hydrogens is 358 g/mol. The molecule has 0 aromatic rings. The maximum absolute atomic E-state index is 8.52. The van der Waals surface area contributed by atoms with Gasteiger partial charge in [0.25, 0.3) is 0 Å². The van der Waals surface area contributed by atoms with Crippen LogP contribution < -0.4 is 6.15 Å². The van der Waals surface area contributed by atoms with Crippen molar-refractivity contribution in [3.63, 3.8) is 0 Å². The fourth-order valence-corrected chi connectivity index (χ4v) is 0. The van der Waals surface area contributed by atoms with Gasteiger partial charge in [0.15, 0.2) is 0 Å². The summed E-state index contributed by atoms with van der Waals surface area (Å²) in [7, 11) is -5.17. The topological polar surface area (TPSA) is 495 Å². The Morgan fingerprint density at radius 2 is 0.474 bits per heavy atom. The Morgan fingerprint density at radius 3 is 0.474 bits per heavy atom. The molecule has 0 saturated carbocycles. The van der Waals surface area contributed by atoms with Crippen molar-refractivity contribution in [2.75, 3.05) is 0 Å². The smallest absolute Gasteiger partial charge is 0.759 e. The van der Waals surface area contributed by atoms with Gasteiger partial charge in [-0.05, 0) is 0 Å². The first-order valence-electron chi connectivity index (χ1n) is 0.667. The zero-order valence-corrected chi connectivity index (χ0v) is 11.3. The summed E-state index contributed by atoms with van der Waals surface area (Å²) >= 11 is 0. The van der Waals surface area contributed by atoms with E-state index in [0.29, 0.717) is 0 Å². The SMILES string of the molecule is O.O.O.O.O.O.O.O.O.O.O.O.O=S(=O)([O-])[O-].[Fe+3].[NH4+]. The van der Waals surface area contributed by atoms with Crippen LogP contribution in [0.4, 0.5) is 0 Å². The molecule has 0 atom stereocenters. The van der Waals surface area contributed by atoms with Crippen molar-refractivity contribution >= 4 is 10.4 Å². The van der Waals surface area contributed by atoms with Crippen LogP contribution in [0.2, 0.25) is 0 Å². The van der Waals surface area contributed by atoms with Gasteiger partial charge in [0.05, 0.1) is 0 Å². The molecule has 19 heteroatoms. The van der Waals surface area contributed by atoms with Crippen molar-refractivity contribution in [3.05, 3.63) is 0 Å². The summed E-state index contributed by atoms with van der Waals surface area (Å²) in [5.74, 6) is 0. The molecule has 0 saturated heterocycles. The first-order valence-corrected chi connectivity index (χ1v) is 2.00. The minimum atomic E-state index is -5.17. The molecule has 0 rings (SSSR count). The zero-order chi connectivity index (χ0) is 4.50. The van der Waals surface area contributed by atoms with E-state index in [1.54, 1.807) is 0 Å². The molecule has 0 bridgehead atoms. The Balaban J connectivity index is -0.000000000879. The van der Waals surface area contributed by atoms with Crippen LogP contribution in [0.1, 0.15) is 0 Å². The van der Waals surface area contributed by atoms with E-state index in [9.17, 15) is 0 Å². The predicted octanol–water partition coefficient (Wildman–Crippen LogP) is -10.9. The van der Waals surface area contributed by atoms with Gasteiger partial charge in [-0.1, -0.05) is 0 Å². The monoisotopic (exact) mass is 386 g/mol. The number of hydrogen-bond donors (Lipinski definition) is 1. The minimum Gasteiger partial charge on any atom is -0.759 e. The number of rotatable bonds is 0. The van der Waals surface area contributed by atoms with E-state index in [4.69, 9.17) is 17.5 Å². The molecule has 0 aliphatic heterocycles. The van der Waals surface area contributed by atoms with Crippen molar-refractivity contribution in [2.24, 2.45) is 0 Å². The van der Waals surface area contributed by atoms with E-state index in [2.05, 4.69) is 0 Å². The second-order valence-corrected chi connectivity index (χ2v) is 1.22. The zero-order valence-electron chi connectivity index (χ0n) is 9.39. The molecule has 0 fully saturated rings. The third-order valence-electron chi connectivity index (χ3n) is 0. The maximum atomic E-state index is 8.52. The van der Waals surface area contributed by atoms with Crippen LogP contribution >= 0.6 is 0 Å². The number of hydrogen-bond acceptors (Lipinski definition) is 4. The Kier molecular flexibility index (Phi) is 3130. The second-order valence-electron chi connectivity index (χ2n) is 0.408. The van der Waals surface area contributed by atoms with Gasteiger partial charge in [0.1, 0.15) is 0 Å². The average molecular weight is 386 g/mol. The molecule has 1 radical (unpaired) electrons. The van der Waals surface area contributed by atoms with E-state index >= 15 is 0 Å². The van der Waals surface area contributed by atoms with Gasteiger partial charge in [-0.3, -0.25) is 8.42 Å². The third kappa shape index (κ3) is 264000. The molecule has 17 nitrogen and oxygen atoms in total. The van der Waals surface area contributed by atoms with E-state index in [1.165, 1.54) is 0 Å². The Bertz CT molecular complexity index is 99.9. The van der Waals surface area contributed by atoms with Crippen LogP contribution in [-0.2, 0) is 27.5 Å². The van der Waals surface area contributed by atoms with Crippen molar-refractivity contribution in [1.82, 2.24) is 6.15 Å². The quantitative estimate of drug-likeness (QED) is 0.240. The van der Waals surface area contributed by atoms with Crippen LogP contribution in [0.25, 0.3) is 0 Å². The van der Waals surface area contributed by atoms with Gasteiger partial charge in [-0.2, -0.15) is 0 Å². The van der Waals surface area contributed by atoms with E-state index < -0.39 is 10.4 Å². The van der Waals surface area contributed by atoms with Crippen LogP contribution in [0.15, 0.2) is 0 Å². The second kappa shape index (κ2) is 148. The third-order valence-corrected chi connectivity index (χ3v) is 0. The summed E-state index contributed by atoms with van der Waals surface area (Å²) in [6.07, 6.45) is 0. The molecule has 28 N–H and O–H groups in total. The molecule has 141 valence electrons. The molecule has 19 heavy (non-hydrogen) atoms. The van der Waals surface area contributed by atoms with Gasteiger partial charge >= 0.3 is 17.1 Å². The molecule has 0 heterocycles. The molecule has 0 aromatic carbocycles. The summed E-state index contributed by atoms with van der Waals surface area (Å²) in [5, 5.41) is 0. The van der Waals surface area contributed by atoms with Crippen LogP contribution in [-0.4, -0.2) is 83.2 Å². The van der Waals surface area contributed by atoms with Gasteiger partial charge in [0.2, 0.25) is 0 Å². The van der Waals surface area contributed by atoms with Crippen LogP contribution in [0.5, 0.6) is 0 Å². The van der Waals surface area contributed by atoms with Gasteiger partial charge in [0, 0.05) is 10.4 Å².